The number of rotatable bonds is 6. The summed E-state index contributed by atoms with van der Waals surface area (Å²) in [4.78, 5) is 26.3. The maximum absolute atomic E-state index is 12.6. The molecule has 1 saturated heterocycles. The number of benzene rings is 2. The largest absolute Gasteiger partial charge is 0.494 e. The van der Waals surface area contributed by atoms with E-state index >= 15 is 0 Å². The van der Waals surface area contributed by atoms with E-state index in [-0.39, 0.29) is 11.8 Å². The van der Waals surface area contributed by atoms with Gasteiger partial charge in [0.2, 0.25) is 5.91 Å². The van der Waals surface area contributed by atoms with Gasteiger partial charge in [0.25, 0.3) is 5.91 Å². The summed E-state index contributed by atoms with van der Waals surface area (Å²) in [6, 6.07) is 12.6. The average Bonchev–Trinajstić information content (AvgIpc) is 3.08. The van der Waals surface area contributed by atoms with Crippen LogP contribution < -0.4 is 15.0 Å². The summed E-state index contributed by atoms with van der Waals surface area (Å²) in [5, 5.41) is 2.88. The van der Waals surface area contributed by atoms with Gasteiger partial charge in [-0.1, -0.05) is 18.2 Å². The predicted molar refractivity (Wildman–Crippen MR) is 99.7 cm³/mol. The molecule has 3 rings (SSSR count). The lowest BCUT2D eigenvalue weighted by atomic mass is 10.1. The molecule has 1 aliphatic rings. The van der Waals surface area contributed by atoms with Gasteiger partial charge in [0.05, 0.1) is 19.4 Å². The Balaban J connectivity index is 1.82. The maximum atomic E-state index is 12.6. The van der Waals surface area contributed by atoms with Crippen molar-refractivity contribution >= 4 is 23.2 Å². The first-order chi connectivity index (χ1) is 12.6. The van der Waals surface area contributed by atoms with Crippen LogP contribution in [0.4, 0.5) is 11.4 Å². The number of hydrogen-bond donors (Lipinski definition) is 1. The number of hydrogen-bond acceptors (Lipinski definition) is 4. The van der Waals surface area contributed by atoms with Gasteiger partial charge in [0.15, 0.2) is 0 Å². The number of nitrogens with zero attached hydrogens (tertiary/aromatic N) is 1. The zero-order valence-corrected chi connectivity index (χ0v) is 15.0. The molecule has 2 aromatic carbocycles. The first-order valence-electron chi connectivity index (χ1n) is 8.50. The number of nitrogens with one attached hydrogen (secondary N) is 1. The minimum absolute atomic E-state index is 0.0913. The lowest BCUT2D eigenvalue weighted by molar-refractivity contribution is -0.117. The number of amides is 2. The molecule has 0 aliphatic carbocycles. The van der Waals surface area contributed by atoms with Gasteiger partial charge < -0.3 is 19.7 Å². The third-order valence-electron chi connectivity index (χ3n) is 4.36. The van der Waals surface area contributed by atoms with Crippen molar-refractivity contribution in [1.82, 2.24) is 0 Å². The fourth-order valence-electron chi connectivity index (χ4n) is 3.10. The second-order valence-electron chi connectivity index (χ2n) is 6.08. The molecule has 6 heteroatoms. The fourth-order valence-corrected chi connectivity index (χ4v) is 3.10. The van der Waals surface area contributed by atoms with E-state index in [9.17, 15) is 9.59 Å². The normalized spacial score (nSPS) is 13.8. The Labute approximate surface area is 152 Å². The van der Waals surface area contributed by atoms with Crippen LogP contribution in [0.15, 0.2) is 42.5 Å². The number of anilines is 2. The van der Waals surface area contributed by atoms with Crippen molar-refractivity contribution in [3.8, 4) is 5.75 Å². The molecule has 2 aromatic rings. The van der Waals surface area contributed by atoms with Crippen LogP contribution in [-0.4, -0.2) is 32.6 Å². The summed E-state index contributed by atoms with van der Waals surface area (Å²) in [6.45, 7) is 1.05. The van der Waals surface area contributed by atoms with Gasteiger partial charge in [-0.3, -0.25) is 9.59 Å². The quantitative estimate of drug-likeness (QED) is 0.865. The predicted octanol–water partition coefficient (Wildman–Crippen LogP) is 3.22. The van der Waals surface area contributed by atoms with E-state index < -0.39 is 0 Å². The molecule has 0 atom stereocenters. The molecular formula is C20H22N2O4. The van der Waals surface area contributed by atoms with E-state index in [1.165, 1.54) is 0 Å². The monoisotopic (exact) mass is 354 g/mol. The summed E-state index contributed by atoms with van der Waals surface area (Å²) in [5.41, 5.74) is 2.72. The molecule has 1 heterocycles. The lowest BCUT2D eigenvalue weighted by Crippen LogP contribution is -2.24. The van der Waals surface area contributed by atoms with E-state index in [1.807, 2.05) is 18.2 Å². The van der Waals surface area contributed by atoms with Crippen molar-refractivity contribution in [1.29, 1.82) is 0 Å². The third-order valence-corrected chi connectivity index (χ3v) is 4.36. The molecular weight excluding hydrogens is 332 g/mol. The molecule has 6 nitrogen and oxygen atoms in total. The molecule has 0 unspecified atom stereocenters. The highest BCUT2D eigenvalue weighted by Gasteiger charge is 2.24. The van der Waals surface area contributed by atoms with Crippen LogP contribution >= 0.6 is 0 Å². The number of carbonyl (C=O) groups excluding carboxylic acids is 2. The first-order valence-corrected chi connectivity index (χ1v) is 8.50. The van der Waals surface area contributed by atoms with Crippen molar-refractivity contribution < 1.29 is 19.1 Å². The summed E-state index contributed by atoms with van der Waals surface area (Å²) >= 11 is 0. The van der Waals surface area contributed by atoms with Gasteiger partial charge in [-0.25, -0.2) is 0 Å². The van der Waals surface area contributed by atoms with Gasteiger partial charge in [-0.05, 0) is 30.2 Å². The molecule has 0 bridgehead atoms. The highest BCUT2D eigenvalue weighted by Crippen LogP contribution is 2.34. The molecule has 0 aromatic heterocycles. The number of methoxy groups -OCH3 is 2. The zero-order valence-electron chi connectivity index (χ0n) is 15.0. The van der Waals surface area contributed by atoms with Gasteiger partial charge >= 0.3 is 0 Å². The van der Waals surface area contributed by atoms with Crippen LogP contribution in [0.1, 0.15) is 28.8 Å². The molecule has 1 fully saturated rings. The Morgan fingerprint density at radius 3 is 2.69 bits per heavy atom. The minimum atomic E-state index is -0.218. The Morgan fingerprint density at radius 1 is 1.19 bits per heavy atom. The Kier molecular flexibility index (Phi) is 5.53. The Bertz CT molecular complexity index is 819. The topological polar surface area (TPSA) is 67.9 Å². The molecule has 1 N–H and O–H groups in total. The van der Waals surface area contributed by atoms with Crippen molar-refractivity contribution in [2.75, 3.05) is 31.0 Å². The molecule has 2 amide bonds. The minimum Gasteiger partial charge on any atom is -0.494 e. The van der Waals surface area contributed by atoms with Gasteiger partial charge in [-0.15, -0.1) is 0 Å². The molecule has 136 valence electrons. The summed E-state index contributed by atoms with van der Waals surface area (Å²) in [6.07, 6.45) is 1.40. The highest BCUT2D eigenvalue weighted by molar-refractivity contribution is 6.05. The summed E-state index contributed by atoms with van der Waals surface area (Å²) < 4.78 is 10.6. The first kappa shape index (κ1) is 17.9. The maximum Gasteiger partial charge on any atom is 0.256 e. The summed E-state index contributed by atoms with van der Waals surface area (Å²) in [5.74, 6) is 0.432. The van der Waals surface area contributed by atoms with Crippen molar-refractivity contribution in [2.24, 2.45) is 0 Å². The molecule has 1 aliphatic heterocycles. The van der Waals surface area contributed by atoms with Crippen LogP contribution in [0.25, 0.3) is 0 Å². The molecule has 0 radical (unpaired) electrons. The van der Waals surface area contributed by atoms with Gasteiger partial charge in [0.1, 0.15) is 5.75 Å². The SMILES string of the molecule is COCc1ccccc1C(=O)Nc1ccc(N2CCCC2=O)c(OC)c1. The summed E-state index contributed by atoms with van der Waals surface area (Å²) in [7, 11) is 3.15. The molecule has 0 saturated carbocycles. The zero-order chi connectivity index (χ0) is 18.5. The number of ether oxygens (including phenoxy) is 2. The van der Waals surface area contributed by atoms with Crippen LogP contribution in [0.2, 0.25) is 0 Å². The standard InChI is InChI=1S/C20H22N2O4/c1-25-13-14-6-3-4-7-16(14)20(24)21-15-9-10-17(18(12-15)26-2)22-11-5-8-19(22)23/h3-4,6-7,9-10,12H,5,8,11,13H2,1-2H3,(H,21,24). The Hall–Kier alpha value is -2.86. The average molecular weight is 354 g/mol. The van der Waals surface area contributed by atoms with Crippen LogP contribution in [0, 0.1) is 0 Å². The van der Waals surface area contributed by atoms with E-state index in [4.69, 9.17) is 9.47 Å². The van der Waals surface area contributed by atoms with Crippen molar-refractivity contribution in [2.45, 2.75) is 19.4 Å². The van der Waals surface area contributed by atoms with E-state index in [0.29, 0.717) is 36.6 Å². The van der Waals surface area contributed by atoms with Crippen LogP contribution in [0.5, 0.6) is 5.75 Å². The fraction of sp³-hybridized carbons (Fsp3) is 0.300. The van der Waals surface area contributed by atoms with Gasteiger partial charge in [-0.2, -0.15) is 0 Å². The van der Waals surface area contributed by atoms with E-state index in [0.717, 1.165) is 17.7 Å². The lowest BCUT2D eigenvalue weighted by Gasteiger charge is -2.20. The smallest absolute Gasteiger partial charge is 0.256 e. The Morgan fingerprint density at radius 2 is 2.00 bits per heavy atom. The van der Waals surface area contributed by atoms with Crippen molar-refractivity contribution in [3.63, 3.8) is 0 Å². The highest BCUT2D eigenvalue weighted by atomic mass is 16.5. The molecule has 26 heavy (non-hydrogen) atoms. The second-order valence-corrected chi connectivity index (χ2v) is 6.08. The van der Waals surface area contributed by atoms with Gasteiger partial charge in [0, 0.05) is 37.4 Å². The van der Waals surface area contributed by atoms with E-state index in [1.54, 1.807) is 43.4 Å². The number of carbonyl (C=O) groups is 2. The second kappa shape index (κ2) is 8.01. The van der Waals surface area contributed by atoms with Crippen LogP contribution in [-0.2, 0) is 16.1 Å². The van der Waals surface area contributed by atoms with Crippen LogP contribution in [0.3, 0.4) is 0 Å². The third kappa shape index (κ3) is 3.70. The molecule has 0 spiro atoms. The van der Waals surface area contributed by atoms with Crippen molar-refractivity contribution in [3.05, 3.63) is 53.6 Å². The van der Waals surface area contributed by atoms with E-state index in [2.05, 4.69) is 5.32 Å².